The summed E-state index contributed by atoms with van der Waals surface area (Å²) in [5.41, 5.74) is 11.3. The van der Waals surface area contributed by atoms with Gasteiger partial charge in [-0.3, -0.25) is 9.59 Å². The van der Waals surface area contributed by atoms with Crippen LogP contribution in [0.15, 0.2) is 340 Å². The number of aliphatic hydroxyl groups excluding tert-OH is 1. The molecule has 2 aliphatic rings. The van der Waals surface area contributed by atoms with E-state index in [0.717, 1.165) is 87.4 Å². The Kier molecular flexibility index (Phi) is 35.6. The number of aliphatic hydroxyl groups is 1. The Morgan fingerprint density at radius 1 is 0.317 bits per heavy atom. The van der Waals surface area contributed by atoms with Gasteiger partial charge in [-0.2, -0.15) is 0 Å². The topological polar surface area (TPSA) is 261 Å². The van der Waals surface area contributed by atoms with Crippen molar-refractivity contribution in [3.05, 3.63) is 418 Å². The average molecular weight is 1700 g/mol. The normalized spacial score (nSPS) is 12.2. The van der Waals surface area contributed by atoms with Crippen molar-refractivity contribution >= 4 is 11.6 Å². The summed E-state index contributed by atoms with van der Waals surface area (Å²) in [4.78, 5) is 23.7. The number of ketones is 2. The summed E-state index contributed by atoms with van der Waals surface area (Å²) >= 11 is 0. The van der Waals surface area contributed by atoms with Gasteiger partial charge in [0, 0.05) is 40.4 Å². The highest BCUT2D eigenvalue weighted by molar-refractivity contribution is 6.00. The molecule has 1 unspecified atom stereocenters. The van der Waals surface area contributed by atoms with E-state index in [-0.39, 0.29) is 87.9 Å². The molecule has 0 aliphatic heterocycles. The van der Waals surface area contributed by atoms with E-state index in [0.29, 0.717) is 79.3 Å². The molecular weight excluding hydrogens is 1590 g/mol. The third-order valence-corrected chi connectivity index (χ3v) is 20.8. The molecule has 16 rings (SSSR count). The molecule has 2 saturated carbocycles. The lowest BCUT2D eigenvalue weighted by Crippen LogP contribution is -2.18. The zero-order chi connectivity index (χ0) is 89.6. The molecule has 2 fully saturated rings. The molecule has 0 heterocycles. The van der Waals surface area contributed by atoms with E-state index in [1.54, 1.807) is 115 Å². The van der Waals surface area contributed by atoms with Crippen molar-refractivity contribution in [3.8, 4) is 80.5 Å². The van der Waals surface area contributed by atoms with Crippen molar-refractivity contribution in [2.75, 3.05) is 46.2 Å². The molecule has 18 heteroatoms. The van der Waals surface area contributed by atoms with Crippen molar-refractivity contribution in [1.82, 2.24) is 0 Å². The van der Waals surface area contributed by atoms with Crippen LogP contribution >= 0.6 is 0 Å². The molecule has 0 spiro atoms. The zero-order valence-corrected chi connectivity index (χ0v) is 71.7. The number of Topliss-reactive ketones (excluding diaryl/α,β-unsaturated/α-hetero) is 2. The van der Waals surface area contributed by atoms with Gasteiger partial charge in [-0.05, 0) is 239 Å². The number of rotatable bonds is 28. The standard InChI is InChI=1S/C17H18O2.C16H15FO2.C15H14O3.C15H16O3.C15H14O3.2C15H16O2/c1-13-5-4-6-14(11-13)19-12-17(9-10-17)15-7-2-3-8-16(15)18;17-13-6-2-4-8-15(13)19-11-16(9-10-16)12-5-1-3-7-14(12)18;1-11-6-2-5-9-15(11)18-10-14(17)12-7-3-4-8-13(12)16;2*1-11-5-4-6-12(9-11)18-10-15(17)13-7-2-3-8-14(13)16;1-12-6-2-5-9-15(12)17-11-10-13-7-3-4-8-14(13)16;1-12-5-4-7-14(11-12)17-10-9-13-6-2-3-8-15(13)16/h2-8,11,18H,9-10,12H2,1H3;1-8,18H,9-11H2;2-9,16H,10H2,1H3;2-9,15-17H,10H2,1H3;2-9,16H,10H2,1H3;2-9,16H,10-11H2,1H3;2-8,11,16H,9-10H2,1H3. The van der Waals surface area contributed by atoms with Crippen LogP contribution in [0.5, 0.6) is 80.5 Å². The van der Waals surface area contributed by atoms with Gasteiger partial charge in [-0.1, -0.05) is 212 Å². The van der Waals surface area contributed by atoms with Crippen LogP contribution in [-0.4, -0.2) is 98.7 Å². The minimum absolute atomic E-state index is 0.00902. The molecule has 14 aromatic rings. The fraction of sp³-hybridized carbons (Fsp3) is 0.204. The summed E-state index contributed by atoms with van der Waals surface area (Å²) in [6.07, 6.45) is 4.65. The van der Waals surface area contributed by atoms with Gasteiger partial charge >= 0.3 is 0 Å². The molecule has 126 heavy (non-hydrogen) atoms. The molecule has 0 aromatic heterocycles. The number of carbonyl (C=O) groups excluding carboxylic acids is 2. The minimum Gasteiger partial charge on any atom is -0.508 e. The number of ether oxygens (including phenoxy) is 7. The number of halogens is 1. The van der Waals surface area contributed by atoms with Gasteiger partial charge in [0.2, 0.25) is 11.6 Å². The van der Waals surface area contributed by atoms with Gasteiger partial charge in [-0.25, -0.2) is 4.39 Å². The van der Waals surface area contributed by atoms with Gasteiger partial charge in [0.1, 0.15) is 87.5 Å². The monoisotopic (exact) mass is 1700 g/mol. The van der Waals surface area contributed by atoms with Crippen molar-refractivity contribution in [3.63, 3.8) is 0 Å². The van der Waals surface area contributed by atoms with E-state index in [1.807, 2.05) is 235 Å². The second-order valence-corrected chi connectivity index (χ2v) is 30.7. The molecule has 0 radical (unpaired) electrons. The minimum atomic E-state index is -0.841. The summed E-state index contributed by atoms with van der Waals surface area (Å²) in [5, 5.41) is 77.7. The maximum atomic E-state index is 13.5. The van der Waals surface area contributed by atoms with Gasteiger partial charge in [0.15, 0.2) is 24.8 Å². The summed E-state index contributed by atoms with van der Waals surface area (Å²) in [6.45, 7) is 14.1. The molecule has 0 bridgehead atoms. The first kappa shape index (κ1) is 93.8. The van der Waals surface area contributed by atoms with Crippen LogP contribution in [0.25, 0.3) is 0 Å². The smallest absolute Gasteiger partial charge is 0.203 e. The average Bonchev–Trinajstić information content (AvgIpc) is 1.62. The number of benzene rings is 14. The first-order chi connectivity index (χ1) is 60.9. The van der Waals surface area contributed by atoms with Crippen LogP contribution < -0.4 is 33.2 Å². The molecule has 2 aliphatic carbocycles. The van der Waals surface area contributed by atoms with Gasteiger partial charge < -0.3 is 74.0 Å². The first-order valence-electron chi connectivity index (χ1n) is 41.7. The van der Waals surface area contributed by atoms with E-state index >= 15 is 0 Å². The number of carbonyl (C=O) groups is 2. The number of phenols is 7. The lowest BCUT2D eigenvalue weighted by Gasteiger charge is -2.18. The van der Waals surface area contributed by atoms with Crippen LogP contribution in [0.3, 0.4) is 0 Å². The number of hydrogen-bond acceptors (Lipinski definition) is 17. The van der Waals surface area contributed by atoms with E-state index in [9.17, 15) is 54.8 Å². The number of aromatic hydroxyl groups is 7. The summed E-state index contributed by atoms with van der Waals surface area (Å²) < 4.78 is 52.7. The van der Waals surface area contributed by atoms with E-state index in [1.165, 1.54) is 29.3 Å². The van der Waals surface area contributed by atoms with Crippen LogP contribution in [-0.2, 0) is 23.7 Å². The first-order valence-corrected chi connectivity index (χ1v) is 41.7. The molecule has 14 aromatic carbocycles. The van der Waals surface area contributed by atoms with Crippen molar-refractivity contribution in [2.45, 2.75) is 97.0 Å². The fourth-order valence-corrected chi connectivity index (χ4v) is 13.3. The van der Waals surface area contributed by atoms with E-state index in [4.69, 9.17) is 33.2 Å². The lowest BCUT2D eigenvalue weighted by atomic mass is 9.96. The highest BCUT2D eigenvalue weighted by Crippen LogP contribution is 2.52. The number of aryl methyl sites for hydroxylation is 6. The van der Waals surface area contributed by atoms with Crippen molar-refractivity contribution < 1.29 is 88.0 Å². The quantitative estimate of drug-likeness (QED) is 0.0212. The van der Waals surface area contributed by atoms with Crippen molar-refractivity contribution in [2.24, 2.45) is 0 Å². The predicted octanol–water partition coefficient (Wildman–Crippen LogP) is 22.8. The zero-order valence-electron chi connectivity index (χ0n) is 71.7. The molecule has 8 N–H and O–H groups in total. The molecule has 650 valence electrons. The molecule has 0 amide bonds. The summed E-state index contributed by atoms with van der Waals surface area (Å²) in [7, 11) is 0. The van der Waals surface area contributed by atoms with Crippen LogP contribution in [0, 0.1) is 47.4 Å². The SMILES string of the molecule is Cc1cccc(OCC(=O)c2ccccc2O)c1.Cc1cccc(OCC(O)c2ccccc2O)c1.Cc1cccc(OCC2(c3ccccc3O)CC2)c1.Cc1cccc(OCCc2ccccc2O)c1.Cc1ccccc1OCC(=O)c1ccccc1O.Cc1ccccc1OCCc1ccccc1O.Oc1ccccc1C1(COc2ccccc2F)CC1. The second kappa shape index (κ2) is 47.8. The Morgan fingerprint density at radius 3 is 1.08 bits per heavy atom. The Balaban J connectivity index is 0.000000153. The molecule has 1 atom stereocenters. The van der Waals surface area contributed by atoms with Gasteiger partial charge in [0.25, 0.3) is 0 Å². The predicted molar refractivity (Wildman–Crippen MR) is 492 cm³/mol. The van der Waals surface area contributed by atoms with Crippen LogP contribution in [0.2, 0.25) is 0 Å². The summed E-state index contributed by atoms with van der Waals surface area (Å²) in [5.74, 6) is 5.55. The Morgan fingerprint density at radius 2 is 0.659 bits per heavy atom. The maximum Gasteiger partial charge on any atom is 0.203 e. The fourth-order valence-electron chi connectivity index (χ4n) is 13.3. The molecule has 17 nitrogen and oxygen atoms in total. The second-order valence-electron chi connectivity index (χ2n) is 30.7. The van der Waals surface area contributed by atoms with Crippen LogP contribution in [0.1, 0.15) is 114 Å². The third kappa shape index (κ3) is 29.7. The lowest BCUT2D eigenvalue weighted by molar-refractivity contribution is 0.0911. The Labute approximate surface area is 737 Å². The van der Waals surface area contributed by atoms with E-state index in [2.05, 4.69) is 13.0 Å². The molecular formula is C108H109FO17. The third-order valence-electron chi connectivity index (χ3n) is 20.8. The van der Waals surface area contributed by atoms with Gasteiger partial charge in [-0.15, -0.1) is 0 Å². The Hall–Kier alpha value is -14.5. The number of para-hydroxylation sites is 10. The van der Waals surface area contributed by atoms with Crippen molar-refractivity contribution in [1.29, 1.82) is 0 Å². The summed E-state index contributed by atoms with van der Waals surface area (Å²) in [6, 6.07) is 102. The Bertz CT molecular complexity index is 5730. The van der Waals surface area contributed by atoms with E-state index < -0.39 is 6.10 Å². The van der Waals surface area contributed by atoms with Gasteiger partial charge in [0.05, 0.1) is 37.6 Å². The highest BCUT2D eigenvalue weighted by Gasteiger charge is 2.48. The highest BCUT2D eigenvalue weighted by atomic mass is 19.1. The largest absolute Gasteiger partial charge is 0.508 e. The van der Waals surface area contributed by atoms with Crippen LogP contribution in [0.4, 0.5) is 4.39 Å². The molecule has 0 saturated heterocycles. The maximum absolute atomic E-state index is 13.5. The number of phenolic OH excluding ortho intramolecular Hbond substituents is 7. The number of hydrogen-bond donors (Lipinski definition) is 8.